The molecule has 27 heavy (non-hydrogen) atoms. The number of aromatic hydroxyl groups is 1. The number of hydrogen-bond acceptors (Lipinski definition) is 4. The van der Waals surface area contributed by atoms with E-state index < -0.39 is 0 Å². The lowest BCUT2D eigenvalue weighted by Crippen LogP contribution is -2.30. The number of nitrogens with zero attached hydrogens (tertiary/aromatic N) is 2. The zero-order valence-corrected chi connectivity index (χ0v) is 14.6. The Labute approximate surface area is 156 Å². The Morgan fingerprint density at radius 2 is 1.74 bits per heavy atom. The van der Waals surface area contributed by atoms with Gasteiger partial charge in [0, 0.05) is 10.9 Å². The van der Waals surface area contributed by atoms with Crippen molar-refractivity contribution < 1.29 is 14.3 Å². The van der Waals surface area contributed by atoms with Crippen molar-refractivity contribution >= 4 is 16.8 Å². The highest BCUT2D eigenvalue weighted by atomic mass is 16.3. The summed E-state index contributed by atoms with van der Waals surface area (Å²) >= 11 is 0. The molecule has 1 N–H and O–H groups in total. The second kappa shape index (κ2) is 7.33. The molecule has 0 saturated carbocycles. The highest BCUT2D eigenvalue weighted by Crippen LogP contribution is 2.21. The van der Waals surface area contributed by atoms with Crippen LogP contribution in [0.5, 0.6) is 5.75 Å². The van der Waals surface area contributed by atoms with E-state index in [1.807, 2.05) is 42.5 Å². The lowest BCUT2D eigenvalue weighted by Gasteiger charge is -2.22. The summed E-state index contributed by atoms with van der Waals surface area (Å²) in [4.78, 5) is 19.3. The molecule has 1 amide bonds. The number of para-hydroxylation sites is 2. The first kappa shape index (κ1) is 16.8. The fourth-order valence-corrected chi connectivity index (χ4v) is 2.99. The summed E-state index contributed by atoms with van der Waals surface area (Å²) in [6.07, 6.45) is 1.58. The maximum Gasteiger partial charge on any atom is 0.273 e. The summed E-state index contributed by atoms with van der Waals surface area (Å²) in [5.41, 5.74) is 1.79. The number of phenolic OH excluding ortho intramolecular Hbond substituents is 1. The van der Waals surface area contributed by atoms with E-state index in [1.165, 1.54) is 0 Å². The van der Waals surface area contributed by atoms with E-state index in [9.17, 15) is 9.90 Å². The van der Waals surface area contributed by atoms with Crippen LogP contribution in [0.3, 0.4) is 0 Å². The minimum Gasteiger partial charge on any atom is -0.508 e. The summed E-state index contributed by atoms with van der Waals surface area (Å²) in [7, 11) is 0. The number of hydrogen-bond donors (Lipinski definition) is 1. The molecule has 0 saturated heterocycles. The Morgan fingerprint density at radius 1 is 0.926 bits per heavy atom. The van der Waals surface area contributed by atoms with Gasteiger partial charge < -0.3 is 14.4 Å². The van der Waals surface area contributed by atoms with Crippen LogP contribution in [-0.2, 0) is 13.1 Å². The molecule has 5 heteroatoms. The molecule has 0 spiro atoms. The number of aromatic nitrogens is 1. The van der Waals surface area contributed by atoms with E-state index in [-0.39, 0.29) is 24.7 Å². The number of rotatable bonds is 5. The first-order chi connectivity index (χ1) is 13.2. The molecule has 0 aliphatic carbocycles. The van der Waals surface area contributed by atoms with Crippen LogP contribution in [0.2, 0.25) is 0 Å². The molecule has 0 radical (unpaired) electrons. The second-order valence-electron chi connectivity index (χ2n) is 6.26. The molecule has 2 aromatic heterocycles. The molecule has 0 atom stereocenters. The van der Waals surface area contributed by atoms with E-state index in [0.717, 1.165) is 10.9 Å². The van der Waals surface area contributed by atoms with E-state index >= 15 is 0 Å². The number of phenols is 1. The molecule has 0 unspecified atom stereocenters. The van der Waals surface area contributed by atoms with E-state index in [2.05, 4.69) is 4.98 Å². The van der Waals surface area contributed by atoms with Gasteiger partial charge in [-0.15, -0.1) is 0 Å². The third-order valence-electron chi connectivity index (χ3n) is 4.38. The summed E-state index contributed by atoms with van der Waals surface area (Å²) in [6, 6.07) is 21.9. The highest BCUT2D eigenvalue weighted by molar-refractivity contribution is 5.94. The van der Waals surface area contributed by atoms with Gasteiger partial charge in [0.2, 0.25) is 0 Å². The van der Waals surface area contributed by atoms with Crippen molar-refractivity contribution in [3.63, 3.8) is 0 Å². The number of furan rings is 1. The van der Waals surface area contributed by atoms with Crippen LogP contribution in [0, 0.1) is 0 Å². The van der Waals surface area contributed by atoms with E-state index in [4.69, 9.17) is 4.42 Å². The monoisotopic (exact) mass is 358 g/mol. The van der Waals surface area contributed by atoms with Crippen molar-refractivity contribution in [1.29, 1.82) is 0 Å². The number of fused-ring (bicyclic) bond motifs is 1. The number of pyridine rings is 1. The zero-order valence-electron chi connectivity index (χ0n) is 14.6. The molecule has 134 valence electrons. The molecular weight excluding hydrogens is 340 g/mol. The molecule has 2 aromatic carbocycles. The first-order valence-electron chi connectivity index (χ1n) is 8.65. The van der Waals surface area contributed by atoms with Gasteiger partial charge >= 0.3 is 0 Å². The molecule has 4 rings (SSSR count). The van der Waals surface area contributed by atoms with Gasteiger partial charge in [-0.1, -0.05) is 42.5 Å². The van der Waals surface area contributed by atoms with Crippen molar-refractivity contribution in [1.82, 2.24) is 9.88 Å². The third kappa shape index (κ3) is 3.67. The zero-order chi connectivity index (χ0) is 18.6. The third-order valence-corrected chi connectivity index (χ3v) is 4.38. The lowest BCUT2D eigenvalue weighted by molar-refractivity contribution is 0.0711. The van der Waals surface area contributed by atoms with Crippen molar-refractivity contribution in [2.24, 2.45) is 0 Å². The maximum absolute atomic E-state index is 13.2. The van der Waals surface area contributed by atoms with E-state index in [0.29, 0.717) is 17.0 Å². The number of carbonyl (C=O) groups excluding carboxylic acids is 1. The smallest absolute Gasteiger partial charge is 0.273 e. The van der Waals surface area contributed by atoms with Crippen LogP contribution in [0.4, 0.5) is 0 Å². The molecule has 5 nitrogen and oxygen atoms in total. The van der Waals surface area contributed by atoms with Gasteiger partial charge in [0.15, 0.2) is 0 Å². The van der Waals surface area contributed by atoms with E-state index in [1.54, 1.807) is 41.5 Å². The van der Waals surface area contributed by atoms with Gasteiger partial charge in [0.05, 0.1) is 24.9 Å². The van der Waals surface area contributed by atoms with Crippen LogP contribution in [-0.4, -0.2) is 20.9 Å². The predicted octanol–water partition coefficient (Wildman–Crippen LogP) is 4.38. The Bertz CT molecular complexity index is 1070. The molecule has 0 bridgehead atoms. The van der Waals surface area contributed by atoms with Gasteiger partial charge in [-0.3, -0.25) is 4.79 Å². The fraction of sp³-hybridized carbons (Fsp3) is 0.0909. The van der Waals surface area contributed by atoms with Crippen molar-refractivity contribution in [3.8, 4) is 5.75 Å². The van der Waals surface area contributed by atoms with Crippen LogP contribution >= 0.6 is 0 Å². The molecule has 0 fully saturated rings. The summed E-state index contributed by atoms with van der Waals surface area (Å²) in [6.45, 7) is 0.537. The predicted molar refractivity (Wildman–Crippen MR) is 102 cm³/mol. The fourth-order valence-electron chi connectivity index (χ4n) is 2.99. The minimum atomic E-state index is -0.222. The number of amides is 1. The summed E-state index contributed by atoms with van der Waals surface area (Å²) in [5.74, 6) is 0.598. The second-order valence-corrected chi connectivity index (χ2v) is 6.26. The van der Waals surface area contributed by atoms with Gasteiger partial charge in [-0.25, -0.2) is 4.98 Å². The largest absolute Gasteiger partial charge is 0.508 e. The van der Waals surface area contributed by atoms with Crippen molar-refractivity contribution in [2.75, 3.05) is 0 Å². The van der Waals surface area contributed by atoms with Crippen molar-refractivity contribution in [2.45, 2.75) is 13.1 Å². The van der Waals surface area contributed by atoms with Crippen LogP contribution < -0.4 is 0 Å². The standard InChI is InChI=1S/C22H18N2O3/c25-21-10-4-2-7-17(21)14-24(15-18-8-5-13-27-18)22(26)20-12-11-16-6-1-3-9-19(16)23-20/h1-13,25H,14-15H2. The maximum atomic E-state index is 13.2. The minimum absolute atomic E-state index is 0.154. The van der Waals surface area contributed by atoms with Crippen LogP contribution in [0.15, 0.2) is 83.5 Å². The Hall–Kier alpha value is -3.60. The molecule has 2 heterocycles. The molecular formula is C22H18N2O3. The molecule has 0 aliphatic rings. The van der Waals surface area contributed by atoms with Crippen LogP contribution in [0.1, 0.15) is 21.8 Å². The summed E-state index contributed by atoms with van der Waals surface area (Å²) in [5, 5.41) is 11.1. The Morgan fingerprint density at radius 3 is 2.56 bits per heavy atom. The first-order valence-corrected chi connectivity index (χ1v) is 8.65. The average Bonchev–Trinajstić information content (AvgIpc) is 3.21. The van der Waals surface area contributed by atoms with Gasteiger partial charge in [-0.05, 0) is 30.3 Å². The topological polar surface area (TPSA) is 66.6 Å². The Balaban J connectivity index is 1.67. The molecule has 0 aliphatic heterocycles. The van der Waals surface area contributed by atoms with Crippen LogP contribution in [0.25, 0.3) is 10.9 Å². The average molecular weight is 358 g/mol. The SMILES string of the molecule is O=C(c1ccc2ccccc2n1)N(Cc1ccco1)Cc1ccccc1O. The molecule has 4 aromatic rings. The summed E-state index contributed by atoms with van der Waals surface area (Å²) < 4.78 is 5.41. The van der Waals surface area contributed by atoms with Crippen molar-refractivity contribution in [3.05, 3.63) is 96.1 Å². The number of carbonyl (C=O) groups is 1. The van der Waals surface area contributed by atoms with Gasteiger partial charge in [0.1, 0.15) is 17.2 Å². The highest BCUT2D eigenvalue weighted by Gasteiger charge is 2.20. The van der Waals surface area contributed by atoms with Gasteiger partial charge in [0.25, 0.3) is 5.91 Å². The number of benzene rings is 2. The quantitative estimate of drug-likeness (QED) is 0.575. The Kier molecular flexibility index (Phi) is 4.58. The lowest BCUT2D eigenvalue weighted by atomic mass is 10.1. The van der Waals surface area contributed by atoms with Gasteiger partial charge in [-0.2, -0.15) is 0 Å². The normalized spacial score (nSPS) is 10.8.